The summed E-state index contributed by atoms with van der Waals surface area (Å²) in [6, 6.07) is 9.57. The Morgan fingerprint density at radius 3 is 2.83 bits per heavy atom. The quantitative estimate of drug-likeness (QED) is 0.701. The first-order valence-corrected chi connectivity index (χ1v) is 5.34. The average Bonchev–Trinajstić information content (AvgIpc) is 2.78. The van der Waals surface area contributed by atoms with E-state index in [1.807, 2.05) is 30.3 Å². The second-order valence-electron chi connectivity index (χ2n) is 3.60. The fourth-order valence-corrected chi connectivity index (χ4v) is 1.80. The molecule has 18 heavy (non-hydrogen) atoms. The van der Waals surface area contributed by atoms with Crippen LogP contribution in [0.5, 0.6) is 0 Å². The lowest BCUT2D eigenvalue weighted by atomic mass is 10.3. The molecule has 0 aliphatic rings. The Bertz CT molecular complexity index is 692. The third-order valence-corrected chi connectivity index (χ3v) is 2.52. The third-order valence-electron chi connectivity index (χ3n) is 2.52. The van der Waals surface area contributed by atoms with Gasteiger partial charge in [-0.3, -0.25) is 14.7 Å². The van der Waals surface area contributed by atoms with Crippen molar-refractivity contribution in [1.82, 2.24) is 19.5 Å². The van der Waals surface area contributed by atoms with E-state index in [1.54, 1.807) is 10.8 Å². The molecule has 0 atom stereocenters. The van der Waals surface area contributed by atoms with Gasteiger partial charge in [0.05, 0.1) is 11.9 Å². The Kier molecular flexibility index (Phi) is 2.45. The largest absolute Gasteiger partial charge is 0.298 e. The Morgan fingerprint density at radius 2 is 2.06 bits per heavy atom. The van der Waals surface area contributed by atoms with E-state index in [0.29, 0.717) is 23.5 Å². The lowest BCUT2D eigenvalue weighted by Gasteiger charge is -2.06. The van der Waals surface area contributed by atoms with Crippen molar-refractivity contribution in [2.45, 2.75) is 0 Å². The number of carbonyl (C=O) groups excluding carboxylic acids is 1. The van der Waals surface area contributed by atoms with Crippen LogP contribution in [0, 0.1) is 0 Å². The van der Waals surface area contributed by atoms with Crippen molar-refractivity contribution in [3.63, 3.8) is 0 Å². The number of rotatable bonds is 3. The molecule has 1 amide bonds. The van der Waals surface area contributed by atoms with E-state index < -0.39 is 0 Å². The van der Waals surface area contributed by atoms with Gasteiger partial charge < -0.3 is 0 Å². The average molecular weight is 239 g/mol. The van der Waals surface area contributed by atoms with Crippen molar-refractivity contribution in [3.8, 4) is 5.69 Å². The van der Waals surface area contributed by atoms with Gasteiger partial charge >= 0.3 is 0 Å². The molecule has 0 aliphatic heterocycles. The van der Waals surface area contributed by atoms with Gasteiger partial charge in [0.2, 0.25) is 12.4 Å². The van der Waals surface area contributed by atoms with Crippen LogP contribution in [-0.2, 0) is 4.79 Å². The molecule has 2 heterocycles. The molecule has 0 aliphatic carbocycles. The number of nitrogens with zero attached hydrogens (tertiary/aromatic N) is 4. The zero-order valence-electron chi connectivity index (χ0n) is 9.32. The van der Waals surface area contributed by atoms with Crippen molar-refractivity contribution in [3.05, 3.63) is 42.9 Å². The first-order chi connectivity index (χ1) is 8.90. The van der Waals surface area contributed by atoms with Crippen molar-refractivity contribution in [2.75, 3.05) is 5.32 Å². The monoisotopic (exact) mass is 239 g/mol. The molecule has 0 fully saturated rings. The highest BCUT2D eigenvalue weighted by Gasteiger charge is 2.12. The number of aromatic nitrogens is 4. The minimum absolute atomic E-state index is 0.423. The van der Waals surface area contributed by atoms with Gasteiger partial charge in [-0.15, -0.1) is 0 Å². The highest BCUT2D eigenvalue weighted by atomic mass is 16.1. The Hall–Kier alpha value is -2.76. The van der Waals surface area contributed by atoms with Crippen molar-refractivity contribution in [2.24, 2.45) is 0 Å². The lowest BCUT2D eigenvalue weighted by Crippen LogP contribution is -2.04. The van der Waals surface area contributed by atoms with Crippen molar-refractivity contribution < 1.29 is 4.79 Å². The zero-order chi connectivity index (χ0) is 12.4. The van der Waals surface area contributed by atoms with Gasteiger partial charge in [-0.1, -0.05) is 18.2 Å². The van der Waals surface area contributed by atoms with Crippen LogP contribution in [0.15, 0.2) is 42.9 Å². The van der Waals surface area contributed by atoms with Crippen LogP contribution >= 0.6 is 0 Å². The van der Waals surface area contributed by atoms with E-state index in [2.05, 4.69) is 20.3 Å². The molecule has 6 heteroatoms. The minimum Gasteiger partial charge on any atom is -0.298 e. The second-order valence-corrected chi connectivity index (χ2v) is 3.60. The first kappa shape index (κ1) is 10.4. The second kappa shape index (κ2) is 4.25. The topological polar surface area (TPSA) is 72.7 Å². The van der Waals surface area contributed by atoms with Gasteiger partial charge in [0, 0.05) is 0 Å². The summed E-state index contributed by atoms with van der Waals surface area (Å²) < 4.78 is 1.77. The molecule has 0 spiro atoms. The smallest absolute Gasteiger partial charge is 0.216 e. The third kappa shape index (κ3) is 1.60. The fourth-order valence-electron chi connectivity index (χ4n) is 1.80. The summed E-state index contributed by atoms with van der Waals surface area (Å²) in [7, 11) is 0. The number of hydrogen-bond donors (Lipinski definition) is 1. The first-order valence-electron chi connectivity index (χ1n) is 5.34. The molecule has 0 saturated heterocycles. The summed E-state index contributed by atoms with van der Waals surface area (Å²) in [5, 5.41) is 2.57. The SMILES string of the molecule is O=CNc1nc2cncnc2n1-c1ccccc1. The molecule has 2 aromatic heterocycles. The van der Waals surface area contributed by atoms with Crippen LogP contribution in [0.4, 0.5) is 5.95 Å². The molecule has 88 valence electrons. The summed E-state index contributed by atoms with van der Waals surface area (Å²) in [6.07, 6.45) is 3.65. The fraction of sp³-hybridized carbons (Fsp3) is 0. The van der Waals surface area contributed by atoms with Gasteiger partial charge in [-0.2, -0.15) is 0 Å². The van der Waals surface area contributed by atoms with Gasteiger partial charge in [-0.25, -0.2) is 15.0 Å². The summed E-state index contributed by atoms with van der Waals surface area (Å²) in [5.41, 5.74) is 2.16. The molecular weight excluding hydrogens is 230 g/mol. The maximum Gasteiger partial charge on any atom is 0.216 e. The number of hydrogen-bond acceptors (Lipinski definition) is 4. The van der Waals surface area contributed by atoms with Crippen LogP contribution < -0.4 is 5.32 Å². The van der Waals surface area contributed by atoms with Crippen molar-refractivity contribution in [1.29, 1.82) is 0 Å². The van der Waals surface area contributed by atoms with E-state index in [-0.39, 0.29) is 0 Å². The van der Waals surface area contributed by atoms with Crippen molar-refractivity contribution >= 4 is 23.5 Å². The van der Waals surface area contributed by atoms with E-state index in [1.165, 1.54) is 6.33 Å². The Labute approximate surface area is 102 Å². The number of carbonyl (C=O) groups is 1. The van der Waals surface area contributed by atoms with Crippen LogP contribution in [0.1, 0.15) is 0 Å². The number of fused-ring (bicyclic) bond motifs is 1. The maximum atomic E-state index is 10.6. The molecular formula is C12H9N5O. The van der Waals surface area contributed by atoms with Gasteiger partial charge in [0.25, 0.3) is 0 Å². The highest BCUT2D eigenvalue weighted by Crippen LogP contribution is 2.21. The molecule has 0 bridgehead atoms. The van der Waals surface area contributed by atoms with Crippen LogP contribution in [0.25, 0.3) is 16.9 Å². The standard InChI is InChI=1S/C12H9N5O/c18-8-15-12-16-10-6-13-7-14-11(10)17(12)9-4-2-1-3-5-9/h1-8H,(H,15,16,18). The number of nitrogens with one attached hydrogen (secondary N) is 1. The Balaban J connectivity index is 2.31. The predicted molar refractivity (Wildman–Crippen MR) is 66.3 cm³/mol. The maximum absolute atomic E-state index is 10.6. The zero-order valence-corrected chi connectivity index (χ0v) is 9.32. The van der Waals surface area contributed by atoms with E-state index in [4.69, 9.17) is 0 Å². The number of para-hydroxylation sites is 1. The van der Waals surface area contributed by atoms with E-state index in [0.717, 1.165) is 5.69 Å². The number of imidazole rings is 1. The van der Waals surface area contributed by atoms with Crippen LogP contribution in [0.2, 0.25) is 0 Å². The molecule has 1 N–H and O–H groups in total. The predicted octanol–water partition coefficient (Wildman–Crippen LogP) is 1.38. The normalized spacial score (nSPS) is 10.4. The summed E-state index contributed by atoms with van der Waals surface area (Å²) >= 11 is 0. The molecule has 0 unspecified atom stereocenters. The summed E-state index contributed by atoms with van der Waals surface area (Å²) in [5.74, 6) is 0.423. The minimum atomic E-state index is 0.423. The molecule has 3 aromatic rings. The molecule has 3 rings (SSSR count). The van der Waals surface area contributed by atoms with Gasteiger partial charge in [-0.05, 0) is 12.1 Å². The molecule has 1 aromatic carbocycles. The van der Waals surface area contributed by atoms with Gasteiger partial charge in [0.15, 0.2) is 5.65 Å². The van der Waals surface area contributed by atoms with E-state index in [9.17, 15) is 4.79 Å². The molecule has 0 saturated carbocycles. The molecule has 6 nitrogen and oxygen atoms in total. The Morgan fingerprint density at radius 1 is 1.22 bits per heavy atom. The lowest BCUT2D eigenvalue weighted by molar-refractivity contribution is -0.105. The number of benzene rings is 1. The highest BCUT2D eigenvalue weighted by molar-refractivity contribution is 5.80. The number of anilines is 1. The van der Waals surface area contributed by atoms with Gasteiger partial charge in [0.1, 0.15) is 11.8 Å². The molecule has 0 radical (unpaired) electrons. The van der Waals surface area contributed by atoms with Crippen LogP contribution in [-0.4, -0.2) is 25.9 Å². The summed E-state index contributed by atoms with van der Waals surface area (Å²) in [4.78, 5) is 23.0. The summed E-state index contributed by atoms with van der Waals surface area (Å²) in [6.45, 7) is 0. The van der Waals surface area contributed by atoms with Crippen LogP contribution in [0.3, 0.4) is 0 Å². The number of amides is 1. The van der Waals surface area contributed by atoms with E-state index >= 15 is 0 Å².